The fourth-order valence-corrected chi connectivity index (χ4v) is 3.54. The van der Waals surface area contributed by atoms with Crippen LogP contribution < -0.4 is 5.32 Å². The highest BCUT2D eigenvalue weighted by atomic mass is 32.1. The van der Waals surface area contributed by atoms with E-state index in [0.717, 1.165) is 36.6 Å². The number of nitrogens with one attached hydrogen (secondary N) is 1. The number of piperidine rings is 1. The minimum Gasteiger partial charge on any atom is -0.335 e. The molecule has 0 bridgehead atoms. The molecule has 0 radical (unpaired) electrons. The second-order valence-corrected chi connectivity index (χ2v) is 6.79. The van der Waals surface area contributed by atoms with Crippen molar-refractivity contribution in [2.75, 3.05) is 33.7 Å². The zero-order chi connectivity index (χ0) is 15.4. The largest absolute Gasteiger partial charge is 0.335 e. The molecule has 2 heterocycles. The molecule has 1 N–H and O–H groups in total. The monoisotopic (exact) mass is 310 g/mol. The number of rotatable bonds is 5. The molecule has 6 heteroatoms. The zero-order valence-electron chi connectivity index (χ0n) is 13.4. The number of thiazole rings is 1. The molecule has 0 spiro atoms. The van der Waals surface area contributed by atoms with Crippen LogP contribution in [0.15, 0.2) is 5.38 Å². The van der Waals surface area contributed by atoms with Gasteiger partial charge in [-0.3, -0.25) is 9.69 Å². The number of hydrogen-bond acceptors (Lipinski definition) is 5. The van der Waals surface area contributed by atoms with Crippen LogP contribution in [0.1, 0.15) is 36.5 Å². The molecule has 2 rings (SSSR count). The molecule has 118 valence electrons. The Kier molecular flexibility index (Phi) is 5.72. The first-order chi connectivity index (χ1) is 9.99. The minimum atomic E-state index is 0.0395. The molecule has 1 saturated heterocycles. The molecule has 1 fully saturated rings. The van der Waals surface area contributed by atoms with Gasteiger partial charge in [0.25, 0.3) is 0 Å². The maximum atomic E-state index is 12.5. The highest BCUT2D eigenvalue weighted by Gasteiger charge is 2.24. The van der Waals surface area contributed by atoms with Crippen molar-refractivity contribution in [2.45, 2.75) is 38.8 Å². The minimum absolute atomic E-state index is 0.0395. The van der Waals surface area contributed by atoms with Crippen molar-refractivity contribution in [2.24, 2.45) is 0 Å². The Bertz CT molecular complexity index is 470. The lowest BCUT2D eigenvalue weighted by atomic mass is 10.1. The quantitative estimate of drug-likeness (QED) is 0.898. The van der Waals surface area contributed by atoms with E-state index in [4.69, 9.17) is 0 Å². The summed E-state index contributed by atoms with van der Waals surface area (Å²) < 4.78 is 0. The van der Waals surface area contributed by atoms with E-state index in [9.17, 15) is 4.79 Å². The highest BCUT2D eigenvalue weighted by Crippen LogP contribution is 2.22. The molecule has 1 aromatic heterocycles. The fraction of sp³-hybridized carbons (Fsp3) is 0.733. The SMILES string of the molecule is Cc1csc([C@@H](C)N(C)C(=O)CN(C)C2CCNCC2)n1. The Morgan fingerprint density at radius 3 is 2.71 bits per heavy atom. The van der Waals surface area contributed by atoms with Crippen molar-refractivity contribution in [3.05, 3.63) is 16.1 Å². The summed E-state index contributed by atoms with van der Waals surface area (Å²) in [5, 5.41) is 6.40. The van der Waals surface area contributed by atoms with Crippen LogP contribution in [-0.4, -0.2) is 60.5 Å². The van der Waals surface area contributed by atoms with Crippen LogP contribution in [-0.2, 0) is 4.79 Å². The van der Waals surface area contributed by atoms with Gasteiger partial charge in [0.1, 0.15) is 5.01 Å². The lowest BCUT2D eigenvalue weighted by molar-refractivity contribution is -0.133. The molecule has 5 nitrogen and oxygen atoms in total. The van der Waals surface area contributed by atoms with Crippen LogP contribution in [0.5, 0.6) is 0 Å². The van der Waals surface area contributed by atoms with E-state index in [-0.39, 0.29) is 11.9 Å². The van der Waals surface area contributed by atoms with E-state index in [1.54, 1.807) is 11.3 Å². The lowest BCUT2D eigenvalue weighted by Crippen LogP contribution is -2.46. The molecule has 1 aliphatic rings. The number of carbonyl (C=O) groups is 1. The van der Waals surface area contributed by atoms with Gasteiger partial charge in [0, 0.05) is 24.2 Å². The van der Waals surface area contributed by atoms with E-state index in [1.165, 1.54) is 0 Å². The van der Waals surface area contributed by atoms with Gasteiger partial charge in [0.05, 0.1) is 12.6 Å². The Morgan fingerprint density at radius 2 is 2.14 bits per heavy atom. The first-order valence-electron chi connectivity index (χ1n) is 7.57. The molecular formula is C15H26N4OS. The zero-order valence-corrected chi connectivity index (χ0v) is 14.2. The summed E-state index contributed by atoms with van der Waals surface area (Å²) in [6, 6.07) is 0.554. The van der Waals surface area contributed by atoms with Gasteiger partial charge < -0.3 is 10.2 Å². The smallest absolute Gasteiger partial charge is 0.237 e. The van der Waals surface area contributed by atoms with Gasteiger partial charge in [0.15, 0.2) is 0 Å². The van der Waals surface area contributed by atoms with Gasteiger partial charge in [-0.1, -0.05) is 0 Å². The lowest BCUT2D eigenvalue weighted by Gasteiger charge is -2.33. The predicted molar refractivity (Wildman–Crippen MR) is 86.6 cm³/mol. The van der Waals surface area contributed by atoms with Crippen LogP contribution in [0.3, 0.4) is 0 Å². The van der Waals surface area contributed by atoms with Gasteiger partial charge in [-0.05, 0) is 46.8 Å². The average molecular weight is 310 g/mol. The van der Waals surface area contributed by atoms with Crippen molar-refractivity contribution in [1.29, 1.82) is 0 Å². The Hall–Kier alpha value is -0.980. The fourth-order valence-electron chi connectivity index (χ4n) is 2.65. The molecule has 1 amide bonds. The third-order valence-corrected chi connectivity index (χ3v) is 5.42. The molecule has 21 heavy (non-hydrogen) atoms. The normalized spacial score (nSPS) is 18.0. The topological polar surface area (TPSA) is 48.5 Å². The van der Waals surface area contributed by atoms with E-state index in [1.807, 2.05) is 31.2 Å². The Labute approximate surface area is 131 Å². The third-order valence-electron chi connectivity index (χ3n) is 4.29. The Balaban J connectivity index is 1.89. The van der Waals surface area contributed by atoms with Crippen LogP contribution in [0.2, 0.25) is 0 Å². The van der Waals surface area contributed by atoms with E-state index in [2.05, 4.69) is 22.2 Å². The molecule has 1 aromatic rings. The van der Waals surface area contributed by atoms with Gasteiger partial charge >= 0.3 is 0 Å². The molecule has 0 aromatic carbocycles. The van der Waals surface area contributed by atoms with Crippen molar-refractivity contribution in [1.82, 2.24) is 20.1 Å². The Morgan fingerprint density at radius 1 is 1.48 bits per heavy atom. The first kappa shape index (κ1) is 16.4. The molecule has 1 aliphatic heterocycles. The summed E-state index contributed by atoms with van der Waals surface area (Å²) in [5.41, 5.74) is 1.02. The number of aryl methyl sites for hydroxylation is 1. The number of likely N-dealkylation sites (N-methyl/N-ethyl adjacent to an activating group) is 2. The average Bonchev–Trinajstić information content (AvgIpc) is 2.93. The molecular weight excluding hydrogens is 284 g/mol. The molecule has 0 unspecified atom stereocenters. The number of hydrogen-bond donors (Lipinski definition) is 1. The maximum absolute atomic E-state index is 12.5. The summed E-state index contributed by atoms with van der Waals surface area (Å²) in [7, 11) is 3.93. The predicted octanol–water partition coefficient (Wildman–Crippen LogP) is 1.65. The van der Waals surface area contributed by atoms with Gasteiger partial charge in [-0.2, -0.15) is 0 Å². The summed E-state index contributed by atoms with van der Waals surface area (Å²) in [6.45, 7) is 6.61. The number of amides is 1. The molecule has 1 atom stereocenters. The summed E-state index contributed by atoms with van der Waals surface area (Å²) in [5.74, 6) is 0.163. The number of carbonyl (C=O) groups excluding carboxylic acids is 1. The number of nitrogens with zero attached hydrogens (tertiary/aromatic N) is 3. The van der Waals surface area contributed by atoms with Crippen molar-refractivity contribution < 1.29 is 4.79 Å². The first-order valence-corrected chi connectivity index (χ1v) is 8.45. The molecule has 0 aliphatic carbocycles. The maximum Gasteiger partial charge on any atom is 0.237 e. The second kappa shape index (κ2) is 7.33. The van der Waals surface area contributed by atoms with Crippen molar-refractivity contribution >= 4 is 17.2 Å². The van der Waals surface area contributed by atoms with Crippen LogP contribution >= 0.6 is 11.3 Å². The summed E-state index contributed by atoms with van der Waals surface area (Å²) in [6.07, 6.45) is 2.24. The van der Waals surface area contributed by atoms with Gasteiger partial charge in [-0.25, -0.2) is 4.98 Å². The summed E-state index contributed by atoms with van der Waals surface area (Å²) >= 11 is 1.62. The number of aromatic nitrogens is 1. The second-order valence-electron chi connectivity index (χ2n) is 5.90. The third kappa shape index (κ3) is 4.25. The van der Waals surface area contributed by atoms with Crippen molar-refractivity contribution in [3.63, 3.8) is 0 Å². The van der Waals surface area contributed by atoms with Crippen molar-refractivity contribution in [3.8, 4) is 0 Å². The van der Waals surface area contributed by atoms with Gasteiger partial charge in [0.2, 0.25) is 5.91 Å². The molecule has 0 saturated carbocycles. The van der Waals surface area contributed by atoms with Crippen LogP contribution in [0.25, 0.3) is 0 Å². The summed E-state index contributed by atoms with van der Waals surface area (Å²) in [4.78, 5) is 21.0. The highest BCUT2D eigenvalue weighted by molar-refractivity contribution is 7.09. The standard InChI is InChI=1S/C15H26N4OS/c1-11-10-21-15(17-11)12(2)19(4)14(20)9-18(3)13-5-7-16-8-6-13/h10,12-13,16H,5-9H2,1-4H3/t12-/m1/s1. The van der Waals surface area contributed by atoms with E-state index in [0.29, 0.717) is 12.6 Å². The van der Waals surface area contributed by atoms with E-state index >= 15 is 0 Å². The van der Waals surface area contributed by atoms with Crippen LogP contribution in [0, 0.1) is 6.92 Å². The van der Waals surface area contributed by atoms with Gasteiger partial charge in [-0.15, -0.1) is 11.3 Å². The van der Waals surface area contributed by atoms with E-state index < -0.39 is 0 Å². The van der Waals surface area contributed by atoms with Crippen LogP contribution in [0.4, 0.5) is 0 Å².